The summed E-state index contributed by atoms with van der Waals surface area (Å²) in [5.41, 5.74) is 0.929. The summed E-state index contributed by atoms with van der Waals surface area (Å²) >= 11 is 1.61. The van der Waals surface area contributed by atoms with Crippen LogP contribution in [0.2, 0.25) is 0 Å². The zero-order valence-electron chi connectivity index (χ0n) is 9.66. The second kappa shape index (κ2) is 5.55. The number of carbonyl (C=O) groups excluding carboxylic acids is 1. The van der Waals surface area contributed by atoms with Crippen molar-refractivity contribution in [2.75, 3.05) is 6.54 Å². The minimum atomic E-state index is 0.0597. The number of carbonyl (C=O) groups is 1. The van der Waals surface area contributed by atoms with Gasteiger partial charge in [0.1, 0.15) is 0 Å². The summed E-state index contributed by atoms with van der Waals surface area (Å²) in [7, 11) is 0. The highest BCUT2D eigenvalue weighted by molar-refractivity contribution is 7.09. The smallest absolute Gasteiger partial charge is 0.155 e. The standard InChI is InChI=1S/C12H18N2OS/c1-9-14-10(8-16-9)7-12(15)11-5-3-2-4-6-13-11/h8,11,13H,2-7H2,1H3. The van der Waals surface area contributed by atoms with Crippen molar-refractivity contribution in [1.29, 1.82) is 0 Å². The lowest BCUT2D eigenvalue weighted by Crippen LogP contribution is -2.37. The number of hydrogen-bond acceptors (Lipinski definition) is 4. The first-order valence-electron chi connectivity index (χ1n) is 5.93. The molecule has 4 heteroatoms. The van der Waals surface area contributed by atoms with Crippen molar-refractivity contribution in [2.45, 2.75) is 45.1 Å². The van der Waals surface area contributed by atoms with E-state index in [1.54, 1.807) is 11.3 Å². The molecule has 1 N–H and O–H groups in total. The normalized spacial score (nSPS) is 21.7. The Morgan fingerprint density at radius 1 is 1.56 bits per heavy atom. The van der Waals surface area contributed by atoms with Crippen LogP contribution in [0.3, 0.4) is 0 Å². The lowest BCUT2D eigenvalue weighted by Gasteiger charge is -2.13. The molecule has 0 bridgehead atoms. The molecule has 3 nitrogen and oxygen atoms in total. The third-order valence-corrected chi connectivity index (χ3v) is 3.79. The van der Waals surface area contributed by atoms with E-state index in [0.717, 1.165) is 23.7 Å². The van der Waals surface area contributed by atoms with E-state index in [1.807, 2.05) is 12.3 Å². The van der Waals surface area contributed by atoms with Gasteiger partial charge in [-0.1, -0.05) is 12.8 Å². The van der Waals surface area contributed by atoms with Crippen LogP contribution >= 0.6 is 11.3 Å². The highest BCUT2D eigenvalue weighted by Crippen LogP contribution is 2.13. The van der Waals surface area contributed by atoms with E-state index >= 15 is 0 Å². The number of ketones is 1. The van der Waals surface area contributed by atoms with Crippen molar-refractivity contribution >= 4 is 17.1 Å². The Balaban J connectivity index is 1.91. The van der Waals surface area contributed by atoms with Crippen LogP contribution in [0.25, 0.3) is 0 Å². The minimum Gasteiger partial charge on any atom is -0.307 e. The molecule has 0 saturated carbocycles. The molecule has 1 aliphatic rings. The first-order valence-corrected chi connectivity index (χ1v) is 6.81. The largest absolute Gasteiger partial charge is 0.307 e. The van der Waals surface area contributed by atoms with Crippen LogP contribution in [0.1, 0.15) is 36.4 Å². The molecule has 1 aromatic rings. The highest BCUT2D eigenvalue weighted by Gasteiger charge is 2.20. The van der Waals surface area contributed by atoms with E-state index < -0.39 is 0 Å². The fourth-order valence-corrected chi connectivity index (χ4v) is 2.71. The van der Waals surface area contributed by atoms with Gasteiger partial charge in [0.15, 0.2) is 5.78 Å². The van der Waals surface area contributed by atoms with E-state index in [9.17, 15) is 4.79 Å². The van der Waals surface area contributed by atoms with Gasteiger partial charge in [0.25, 0.3) is 0 Å². The second-order valence-electron chi connectivity index (χ2n) is 4.36. The summed E-state index contributed by atoms with van der Waals surface area (Å²) in [5, 5.41) is 6.36. The van der Waals surface area contributed by atoms with Crippen molar-refractivity contribution < 1.29 is 4.79 Å². The maximum Gasteiger partial charge on any atom is 0.155 e. The van der Waals surface area contributed by atoms with Gasteiger partial charge in [-0.2, -0.15) is 0 Å². The second-order valence-corrected chi connectivity index (χ2v) is 5.42. The molecule has 88 valence electrons. The van der Waals surface area contributed by atoms with Crippen LogP contribution in [0.4, 0.5) is 0 Å². The van der Waals surface area contributed by atoms with E-state index in [2.05, 4.69) is 10.3 Å². The maximum atomic E-state index is 12.0. The Bertz CT molecular complexity index is 354. The van der Waals surface area contributed by atoms with Crippen LogP contribution in [-0.2, 0) is 11.2 Å². The van der Waals surface area contributed by atoms with Crippen molar-refractivity contribution in [3.05, 3.63) is 16.1 Å². The molecule has 0 spiro atoms. The number of rotatable bonds is 3. The van der Waals surface area contributed by atoms with Gasteiger partial charge in [0.05, 0.1) is 23.2 Å². The van der Waals surface area contributed by atoms with Crippen LogP contribution in [0.5, 0.6) is 0 Å². The highest BCUT2D eigenvalue weighted by atomic mass is 32.1. The fraction of sp³-hybridized carbons (Fsp3) is 0.667. The third-order valence-electron chi connectivity index (χ3n) is 2.97. The van der Waals surface area contributed by atoms with Crippen molar-refractivity contribution in [3.63, 3.8) is 0 Å². The Morgan fingerprint density at radius 2 is 2.44 bits per heavy atom. The molecular weight excluding hydrogens is 220 g/mol. The first kappa shape index (κ1) is 11.7. The molecule has 1 fully saturated rings. The molecule has 1 saturated heterocycles. The quantitative estimate of drug-likeness (QED) is 0.877. The summed E-state index contributed by atoms with van der Waals surface area (Å²) in [6.45, 7) is 2.95. The number of nitrogens with one attached hydrogen (secondary N) is 1. The van der Waals surface area contributed by atoms with Crippen LogP contribution in [0, 0.1) is 6.92 Å². The molecule has 1 aliphatic heterocycles. The summed E-state index contributed by atoms with van der Waals surface area (Å²) in [6, 6.07) is 0.0597. The van der Waals surface area contributed by atoms with Crippen LogP contribution in [-0.4, -0.2) is 23.4 Å². The Hall–Kier alpha value is -0.740. The number of nitrogens with zero attached hydrogens (tertiary/aromatic N) is 1. The first-order chi connectivity index (χ1) is 7.75. The number of aromatic nitrogens is 1. The number of aryl methyl sites for hydroxylation is 1. The summed E-state index contributed by atoms with van der Waals surface area (Å²) in [4.78, 5) is 16.4. The molecule has 1 unspecified atom stereocenters. The van der Waals surface area contributed by atoms with E-state index in [0.29, 0.717) is 12.2 Å². The number of thiazole rings is 1. The Labute approximate surface area is 100 Å². The maximum absolute atomic E-state index is 12.0. The van der Waals surface area contributed by atoms with E-state index in [1.165, 1.54) is 19.3 Å². The monoisotopic (exact) mass is 238 g/mol. The summed E-state index contributed by atoms with van der Waals surface area (Å²) in [6.07, 6.45) is 5.08. The Morgan fingerprint density at radius 3 is 3.19 bits per heavy atom. The molecule has 0 amide bonds. The lowest BCUT2D eigenvalue weighted by molar-refractivity contribution is -0.120. The van der Waals surface area contributed by atoms with Gasteiger partial charge >= 0.3 is 0 Å². The number of hydrogen-bond donors (Lipinski definition) is 1. The van der Waals surface area contributed by atoms with Gasteiger partial charge in [-0.15, -0.1) is 11.3 Å². The van der Waals surface area contributed by atoms with Gasteiger partial charge in [0.2, 0.25) is 0 Å². The summed E-state index contributed by atoms with van der Waals surface area (Å²) < 4.78 is 0. The van der Waals surface area contributed by atoms with E-state index in [-0.39, 0.29) is 6.04 Å². The van der Waals surface area contributed by atoms with Gasteiger partial charge in [0, 0.05) is 5.38 Å². The molecule has 16 heavy (non-hydrogen) atoms. The van der Waals surface area contributed by atoms with Gasteiger partial charge in [-0.3, -0.25) is 4.79 Å². The van der Waals surface area contributed by atoms with Crippen molar-refractivity contribution in [2.24, 2.45) is 0 Å². The van der Waals surface area contributed by atoms with Crippen molar-refractivity contribution in [3.8, 4) is 0 Å². The average molecular weight is 238 g/mol. The zero-order valence-corrected chi connectivity index (χ0v) is 10.5. The van der Waals surface area contributed by atoms with Crippen LogP contribution in [0.15, 0.2) is 5.38 Å². The molecule has 1 atom stereocenters. The lowest BCUT2D eigenvalue weighted by atomic mass is 10.0. The van der Waals surface area contributed by atoms with Gasteiger partial charge < -0.3 is 5.32 Å². The molecule has 2 rings (SSSR count). The average Bonchev–Trinajstić information content (AvgIpc) is 2.56. The molecular formula is C12H18N2OS. The van der Waals surface area contributed by atoms with Gasteiger partial charge in [-0.25, -0.2) is 4.98 Å². The van der Waals surface area contributed by atoms with Gasteiger partial charge in [-0.05, 0) is 26.3 Å². The summed E-state index contributed by atoms with van der Waals surface area (Å²) in [5.74, 6) is 0.298. The zero-order chi connectivity index (χ0) is 11.4. The number of Topliss-reactive ketones (excluding diaryl/α,β-unsaturated/α-hetero) is 1. The Kier molecular flexibility index (Phi) is 4.07. The van der Waals surface area contributed by atoms with Crippen LogP contribution < -0.4 is 5.32 Å². The minimum absolute atomic E-state index is 0.0597. The molecule has 2 heterocycles. The predicted molar refractivity (Wildman–Crippen MR) is 65.8 cm³/mol. The molecule has 0 aliphatic carbocycles. The SMILES string of the molecule is Cc1nc(CC(=O)C2CCCCCN2)cs1. The fourth-order valence-electron chi connectivity index (χ4n) is 2.09. The molecule has 0 aromatic carbocycles. The predicted octanol–water partition coefficient (Wildman–Crippen LogP) is 2.10. The molecule has 1 aromatic heterocycles. The molecule has 0 radical (unpaired) electrons. The third kappa shape index (κ3) is 3.12. The van der Waals surface area contributed by atoms with E-state index in [4.69, 9.17) is 0 Å². The van der Waals surface area contributed by atoms with Crippen molar-refractivity contribution in [1.82, 2.24) is 10.3 Å². The topological polar surface area (TPSA) is 42.0 Å².